The SMILES string of the molecule is COc1cc(Br)c(CNCCc2ncn(C)n2)cc1OC. The number of rotatable bonds is 7. The van der Waals surface area contributed by atoms with Crippen molar-refractivity contribution < 1.29 is 9.47 Å². The van der Waals surface area contributed by atoms with Crippen LogP contribution in [0.2, 0.25) is 0 Å². The zero-order chi connectivity index (χ0) is 15.2. The summed E-state index contributed by atoms with van der Waals surface area (Å²) >= 11 is 3.55. The summed E-state index contributed by atoms with van der Waals surface area (Å²) in [6, 6.07) is 3.88. The van der Waals surface area contributed by atoms with Gasteiger partial charge in [-0.15, -0.1) is 0 Å². The molecule has 0 saturated carbocycles. The second-order valence-corrected chi connectivity index (χ2v) is 5.41. The molecule has 2 aromatic rings. The van der Waals surface area contributed by atoms with E-state index in [0.717, 1.165) is 41.1 Å². The Hall–Kier alpha value is -1.60. The van der Waals surface area contributed by atoms with Gasteiger partial charge in [0.05, 0.1) is 14.2 Å². The molecular weight excluding hydrogens is 336 g/mol. The second-order valence-electron chi connectivity index (χ2n) is 4.56. The van der Waals surface area contributed by atoms with Crippen LogP contribution in [0.5, 0.6) is 11.5 Å². The number of halogens is 1. The fourth-order valence-corrected chi connectivity index (χ4v) is 2.42. The van der Waals surface area contributed by atoms with E-state index < -0.39 is 0 Å². The van der Waals surface area contributed by atoms with Gasteiger partial charge < -0.3 is 14.8 Å². The highest BCUT2D eigenvalue weighted by Gasteiger charge is 2.09. The number of ether oxygens (including phenoxy) is 2. The van der Waals surface area contributed by atoms with Crippen LogP contribution in [0.3, 0.4) is 0 Å². The van der Waals surface area contributed by atoms with Crippen LogP contribution in [0, 0.1) is 0 Å². The molecule has 1 aromatic heterocycles. The maximum atomic E-state index is 5.31. The van der Waals surface area contributed by atoms with Gasteiger partial charge in [0.2, 0.25) is 0 Å². The highest BCUT2D eigenvalue weighted by molar-refractivity contribution is 9.10. The Morgan fingerprint density at radius 1 is 1.24 bits per heavy atom. The summed E-state index contributed by atoms with van der Waals surface area (Å²) in [6.45, 7) is 1.54. The van der Waals surface area contributed by atoms with Crippen LogP contribution in [0.15, 0.2) is 22.9 Å². The largest absolute Gasteiger partial charge is 0.493 e. The Labute approximate surface area is 132 Å². The maximum Gasteiger partial charge on any atom is 0.161 e. The van der Waals surface area contributed by atoms with Gasteiger partial charge in [-0.2, -0.15) is 5.10 Å². The number of hydrogen-bond acceptors (Lipinski definition) is 5. The van der Waals surface area contributed by atoms with Crippen molar-refractivity contribution in [2.45, 2.75) is 13.0 Å². The molecule has 0 saturated heterocycles. The molecule has 0 spiro atoms. The molecule has 114 valence electrons. The fraction of sp³-hybridized carbons (Fsp3) is 0.429. The van der Waals surface area contributed by atoms with Gasteiger partial charge in [0.1, 0.15) is 6.33 Å². The number of aryl methyl sites for hydroxylation is 1. The molecule has 0 bridgehead atoms. The van der Waals surface area contributed by atoms with Crippen molar-refractivity contribution in [2.24, 2.45) is 7.05 Å². The number of nitrogens with zero attached hydrogens (tertiary/aromatic N) is 3. The van der Waals surface area contributed by atoms with E-state index in [1.165, 1.54) is 0 Å². The molecule has 0 amide bonds. The van der Waals surface area contributed by atoms with Crippen molar-refractivity contribution in [1.29, 1.82) is 0 Å². The van der Waals surface area contributed by atoms with E-state index in [1.54, 1.807) is 25.2 Å². The molecule has 7 heteroatoms. The Bertz CT molecular complexity index is 601. The average molecular weight is 355 g/mol. The van der Waals surface area contributed by atoms with Crippen LogP contribution in [0.25, 0.3) is 0 Å². The molecular formula is C14H19BrN4O2. The lowest BCUT2D eigenvalue weighted by Crippen LogP contribution is -2.17. The topological polar surface area (TPSA) is 61.2 Å². The molecule has 0 unspecified atom stereocenters. The highest BCUT2D eigenvalue weighted by Crippen LogP contribution is 2.33. The molecule has 1 heterocycles. The lowest BCUT2D eigenvalue weighted by Gasteiger charge is -2.12. The summed E-state index contributed by atoms with van der Waals surface area (Å²) in [4.78, 5) is 4.19. The summed E-state index contributed by atoms with van der Waals surface area (Å²) in [6.07, 6.45) is 2.51. The summed E-state index contributed by atoms with van der Waals surface area (Å²) < 4.78 is 13.3. The monoisotopic (exact) mass is 354 g/mol. The minimum atomic E-state index is 0.714. The van der Waals surface area contributed by atoms with Crippen LogP contribution in [0.4, 0.5) is 0 Å². The van der Waals surface area contributed by atoms with E-state index in [4.69, 9.17) is 9.47 Å². The summed E-state index contributed by atoms with van der Waals surface area (Å²) in [7, 11) is 5.13. The van der Waals surface area contributed by atoms with Gasteiger partial charge in [0.25, 0.3) is 0 Å². The molecule has 0 radical (unpaired) electrons. The number of benzene rings is 1. The fourth-order valence-electron chi connectivity index (χ4n) is 1.95. The van der Waals surface area contributed by atoms with Crippen LogP contribution in [-0.4, -0.2) is 35.5 Å². The quantitative estimate of drug-likeness (QED) is 0.769. The molecule has 0 fully saturated rings. The van der Waals surface area contributed by atoms with E-state index in [0.29, 0.717) is 5.75 Å². The Balaban J connectivity index is 1.90. The maximum absolute atomic E-state index is 5.31. The first-order chi connectivity index (χ1) is 10.1. The van der Waals surface area contributed by atoms with Crippen LogP contribution in [0.1, 0.15) is 11.4 Å². The van der Waals surface area contributed by atoms with E-state index in [9.17, 15) is 0 Å². The molecule has 0 aliphatic heterocycles. The Morgan fingerprint density at radius 2 is 1.95 bits per heavy atom. The standard InChI is InChI=1S/C14H19BrN4O2/c1-19-9-17-14(18-19)4-5-16-8-10-6-12(20-2)13(21-3)7-11(10)15/h6-7,9,16H,4-5,8H2,1-3H3. The van der Waals surface area contributed by atoms with Crippen molar-refractivity contribution in [3.8, 4) is 11.5 Å². The summed E-state index contributed by atoms with van der Waals surface area (Å²) in [5.41, 5.74) is 1.11. The molecule has 21 heavy (non-hydrogen) atoms. The first-order valence-corrected chi connectivity index (χ1v) is 7.39. The highest BCUT2D eigenvalue weighted by atomic mass is 79.9. The van der Waals surface area contributed by atoms with Crippen LogP contribution >= 0.6 is 15.9 Å². The molecule has 0 aliphatic carbocycles. The lowest BCUT2D eigenvalue weighted by molar-refractivity contribution is 0.354. The minimum absolute atomic E-state index is 0.714. The zero-order valence-corrected chi connectivity index (χ0v) is 14.0. The first kappa shape index (κ1) is 15.8. The minimum Gasteiger partial charge on any atom is -0.493 e. The van der Waals surface area contributed by atoms with Gasteiger partial charge in [-0.3, -0.25) is 4.68 Å². The van der Waals surface area contributed by atoms with Gasteiger partial charge in [-0.1, -0.05) is 15.9 Å². The average Bonchev–Trinajstić information content (AvgIpc) is 2.90. The molecule has 1 aromatic carbocycles. The molecule has 2 rings (SSSR count). The van der Waals surface area contributed by atoms with Crippen molar-refractivity contribution in [1.82, 2.24) is 20.1 Å². The second kappa shape index (κ2) is 7.42. The normalized spacial score (nSPS) is 10.7. The number of methoxy groups -OCH3 is 2. The molecule has 0 atom stereocenters. The van der Waals surface area contributed by atoms with Crippen molar-refractivity contribution >= 4 is 15.9 Å². The van der Waals surface area contributed by atoms with Crippen molar-refractivity contribution in [2.75, 3.05) is 20.8 Å². The zero-order valence-electron chi connectivity index (χ0n) is 12.4. The van der Waals surface area contributed by atoms with Gasteiger partial charge in [0.15, 0.2) is 17.3 Å². The first-order valence-electron chi connectivity index (χ1n) is 6.59. The molecule has 6 nitrogen and oxygen atoms in total. The van der Waals surface area contributed by atoms with E-state index in [1.807, 2.05) is 19.2 Å². The molecule has 0 aliphatic rings. The summed E-state index contributed by atoms with van der Waals surface area (Å²) in [5, 5.41) is 7.62. The Kier molecular flexibility index (Phi) is 5.58. The predicted molar refractivity (Wildman–Crippen MR) is 83.7 cm³/mol. The van der Waals surface area contributed by atoms with Gasteiger partial charge >= 0.3 is 0 Å². The lowest BCUT2D eigenvalue weighted by atomic mass is 10.2. The van der Waals surface area contributed by atoms with Crippen LogP contribution in [-0.2, 0) is 20.0 Å². The van der Waals surface area contributed by atoms with Gasteiger partial charge in [-0.05, 0) is 17.7 Å². The third-order valence-electron chi connectivity index (χ3n) is 3.04. The van der Waals surface area contributed by atoms with E-state index in [-0.39, 0.29) is 0 Å². The third-order valence-corrected chi connectivity index (χ3v) is 3.78. The van der Waals surface area contributed by atoms with Gasteiger partial charge in [-0.25, -0.2) is 4.98 Å². The third kappa shape index (κ3) is 4.18. The smallest absolute Gasteiger partial charge is 0.161 e. The number of nitrogens with one attached hydrogen (secondary N) is 1. The number of aromatic nitrogens is 3. The van der Waals surface area contributed by atoms with E-state index in [2.05, 4.69) is 31.3 Å². The predicted octanol–water partition coefficient (Wildman–Crippen LogP) is 1.93. The number of hydrogen-bond donors (Lipinski definition) is 1. The van der Waals surface area contributed by atoms with E-state index >= 15 is 0 Å². The Morgan fingerprint density at radius 3 is 2.57 bits per heavy atom. The van der Waals surface area contributed by atoms with Gasteiger partial charge in [0, 0.05) is 31.0 Å². The van der Waals surface area contributed by atoms with Crippen molar-refractivity contribution in [3.05, 3.63) is 34.3 Å². The summed E-state index contributed by atoms with van der Waals surface area (Å²) in [5.74, 6) is 2.28. The molecule has 1 N–H and O–H groups in total. The van der Waals surface area contributed by atoms with Crippen molar-refractivity contribution in [3.63, 3.8) is 0 Å². The van der Waals surface area contributed by atoms with Crippen LogP contribution < -0.4 is 14.8 Å².